The normalized spacial score (nSPS) is 14.3. The van der Waals surface area contributed by atoms with Crippen molar-refractivity contribution in [2.75, 3.05) is 36.8 Å². The van der Waals surface area contributed by atoms with Gasteiger partial charge in [0.15, 0.2) is 5.13 Å². The summed E-state index contributed by atoms with van der Waals surface area (Å²) in [7, 11) is 0. The van der Waals surface area contributed by atoms with Crippen molar-refractivity contribution in [3.8, 4) is 0 Å². The Morgan fingerprint density at radius 3 is 2.52 bits per heavy atom. The number of rotatable bonds is 5. The lowest BCUT2D eigenvalue weighted by atomic mass is 10.2. The Morgan fingerprint density at radius 1 is 1.00 bits per heavy atom. The van der Waals surface area contributed by atoms with Crippen LogP contribution in [0.15, 0.2) is 60.0 Å². The molecule has 0 radical (unpaired) electrons. The Balaban J connectivity index is 1.28. The van der Waals surface area contributed by atoms with E-state index < -0.39 is 6.03 Å². The van der Waals surface area contributed by atoms with Crippen LogP contribution >= 0.6 is 22.9 Å². The van der Waals surface area contributed by atoms with Gasteiger partial charge in [-0.25, -0.2) is 9.78 Å². The van der Waals surface area contributed by atoms with Crippen LogP contribution in [0.4, 0.5) is 15.6 Å². The highest BCUT2D eigenvalue weighted by atomic mass is 35.5. The highest BCUT2D eigenvalue weighted by molar-refractivity contribution is 7.14. The molecule has 4 rings (SSSR count). The summed E-state index contributed by atoms with van der Waals surface area (Å²) in [6.07, 6.45) is 0. The number of amides is 3. The molecule has 0 unspecified atom stereocenters. The lowest BCUT2D eigenvalue weighted by molar-refractivity contribution is 0.0623. The number of nitrogens with one attached hydrogen (secondary N) is 2. The zero-order valence-corrected chi connectivity index (χ0v) is 18.3. The summed E-state index contributed by atoms with van der Waals surface area (Å²) in [5, 5.41) is 7.92. The van der Waals surface area contributed by atoms with Gasteiger partial charge in [0.05, 0.1) is 0 Å². The van der Waals surface area contributed by atoms with E-state index in [1.807, 2.05) is 23.1 Å². The molecule has 0 atom stereocenters. The third-order valence-electron chi connectivity index (χ3n) is 4.93. The summed E-state index contributed by atoms with van der Waals surface area (Å²) in [4.78, 5) is 33.4. The van der Waals surface area contributed by atoms with Crippen LogP contribution < -0.4 is 10.6 Å². The highest BCUT2D eigenvalue weighted by Crippen LogP contribution is 2.19. The molecular formula is C22H22ClN5O2S. The minimum Gasteiger partial charge on any atom is -0.335 e. The Bertz CT molecular complexity index is 1050. The van der Waals surface area contributed by atoms with Crippen LogP contribution in [0, 0.1) is 0 Å². The van der Waals surface area contributed by atoms with Crippen LogP contribution in [0.5, 0.6) is 0 Å². The number of piperazine rings is 1. The molecule has 7 nitrogen and oxygen atoms in total. The third-order valence-corrected chi connectivity index (χ3v) is 5.93. The second-order valence-electron chi connectivity index (χ2n) is 7.18. The number of halogens is 1. The first kappa shape index (κ1) is 21.3. The molecule has 0 spiro atoms. The van der Waals surface area contributed by atoms with E-state index in [1.165, 1.54) is 16.9 Å². The lowest BCUT2D eigenvalue weighted by Gasteiger charge is -2.34. The molecule has 9 heteroatoms. The van der Waals surface area contributed by atoms with Gasteiger partial charge >= 0.3 is 6.03 Å². The molecule has 2 aromatic carbocycles. The van der Waals surface area contributed by atoms with E-state index in [4.69, 9.17) is 11.6 Å². The number of carbonyl (C=O) groups is 2. The summed E-state index contributed by atoms with van der Waals surface area (Å²) >= 11 is 7.14. The molecular weight excluding hydrogens is 434 g/mol. The van der Waals surface area contributed by atoms with E-state index >= 15 is 0 Å². The number of urea groups is 1. The number of hydrogen-bond donors (Lipinski definition) is 2. The van der Waals surface area contributed by atoms with Gasteiger partial charge in [-0.1, -0.05) is 48.0 Å². The molecule has 0 saturated carbocycles. The van der Waals surface area contributed by atoms with Crippen molar-refractivity contribution < 1.29 is 9.59 Å². The van der Waals surface area contributed by atoms with E-state index in [-0.39, 0.29) is 5.91 Å². The minimum atomic E-state index is -0.440. The number of benzene rings is 2. The van der Waals surface area contributed by atoms with Gasteiger partial charge in [-0.05, 0) is 23.8 Å². The van der Waals surface area contributed by atoms with Crippen molar-refractivity contribution in [3.05, 3.63) is 76.3 Å². The van der Waals surface area contributed by atoms with Crippen molar-refractivity contribution >= 4 is 45.7 Å². The number of carbonyl (C=O) groups excluding carboxylic acids is 2. The SMILES string of the molecule is O=C(Nc1cccc(Cl)c1)Nc1nc(C(=O)N2CCN(Cc3ccccc3)CC2)cs1. The lowest BCUT2D eigenvalue weighted by Crippen LogP contribution is -2.48. The van der Waals surface area contributed by atoms with Gasteiger partial charge in [0.2, 0.25) is 0 Å². The maximum absolute atomic E-state index is 12.8. The predicted molar refractivity (Wildman–Crippen MR) is 124 cm³/mol. The summed E-state index contributed by atoms with van der Waals surface area (Å²) in [6.45, 7) is 3.83. The second kappa shape index (κ2) is 9.91. The predicted octanol–water partition coefficient (Wildman–Crippen LogP) is 4.40. The largest absolute Gasteiger partial charge is 0.335 e. The number of hydrogen-bond acceptors (Lipinski definition) is 5. The molecule has 1 aliphatic heterocycles. The molecule has 1 aliphatic rings. The number of anilines is 2. The Morgan fingerprint density at radius 2 is 1.77 bits per heavy atom. The van der Waals surface area contributed by atoms with E-state index in [1.54, 1.807) is 29.6 Å². The molecule has 1 saturated heterocycles. The van der Waals surface area contributed by atoms with Crippen molar-refractivity contribution in [1.29, 1.82) is 0 Å². The fraction of sp³-hybridized carbons (Fsp3) is 0.227. The molecule has 1 fully saturated rings. The second-order valence-corrected chi connectivity index (χ2v) is 8.48. The maximum atomic E-state index is 12.8. The molecule has 2 N–H and O–H groups in total. The summed E-state index contributed by atoms with van der Waals surface area (Å²) in [5.41, 5.74) is 2.19. The third kappa shape index (κ3) is 5.81. The molecule has 3 amide bonds. The molecule has 160 valence electrons. The van der Waals surface area contributed by atoms with Crippen LogP contribution in [0.2, 0.25) is 5.02 Å². The van der Waals surface area contributed by atoms with Gasteiger partial charge in [-0.2, -0.15) is 0 Å². The summed E-state index contributed by atoms with van der Waals surface area (Å²) in [5.74, 6) is -0.112. The van der Waals surface area contributed by atoms with E-state index in [0.29, 0.717) is 34.6 Å². The van der Waals surface area contributed by atoms with Gasteiger partial charge in [-0.15, -0.1) is 11.3 Å². The standard InChI is InChI=1S/C22H22ClN5O2S/c23-17-7-4-8-18(13-17)24-21(30)26-22-25-19(15-31-22)20(29)28-11-9-27(10-12-28)14-16-5-2-1-3-6-16/h1-8,13,15H,9-12,14H2,(H2,24,25,26,30). The van der Waals surface area contributed by atoms with Gasteiger partial charge < -0.3 is 10.2 Å². The average Bonchev–Trinajstić information content (AvgIpc) is 3.23. The number of nitrogens with zero attached hydrogens (tertiary/aromatic N) is 3. The molecule has 2 heterocycles. The van der Waals surface area contributed by atoms with Crippen LogP contribution in [-0.4, -0.2) is 52.9 Å². The quantitative estimate of drug-likeness (QED) is 0.597. The molecule has 1 aromatic heterocycles. The molecule has 0 bridgehead atoms. The number of aromatic nitrogens is 1. The summed E-state index contributed by atoms with van der Waals surface area (Å²) < 4.78 is 0. The Labute approximate surface area is 189 Å². The van der Waals surface area contributed by atoms with Crippen molar-refractivity contribution in [3.63, 3.8) is 0 Å². The monoisotopic (exact) mass is 455 g/mol. The van der Waals surface area contributed by atoms with Gasteiger partial charge in [0, 0.05) is 48.8 Å². The van der Waals surface area contributed by atoms with E-state index in [0.717, 1.165) is 19.6 Å². The van der Waals surface area contributed by atoms with Crippen LogP contribution in [0.3, 0.4) is 0 Å². The number of thiazole rings is 1. The van der Waals surface area contributed by atoms with Crippen molar-refractivity contribution in [2.24, 2.45) is 0 Å². The van der Waals surface area contributed by atoms with Gasteiger partial charge in [0.25, 0.3) is 5.91 Å². The molecule has 3 aromatic rings. The zero-order chi connectivity index (χ0) is 21.6. The zero-order valence-electron chi connectivity index (χ0n) is 16.8. The van der Waals surface area contributed by atoms with E-state index in [9.17, 15) is 9.59 Å². The Kier molecular flexibility index (Phi) is 6.81. The fourth-order valence-corrected chi connectivity index (χ4v) is 4.24. The Hall–Kier alpha value is -2.94. The smallest absolute Gasteiger partial charge is 0.325 e. The van der Waals surface area contributed by atoms with Crippen LogP contribution in [0.25, 0.3) is 0 Å². The fourth-order valence-electron chi connectivity index (χ4n) is 3.37. The van der Waals surface area contributed by atoms with Crippen LogP contribution in [-0.2, 0) is 6.54 Å². The van der Waals surface area contributed by atoms with E-state index in [2.05, 4.69) is 32.7 Å². The molecule has 0 aliphatic carbocycles. The first-order chi connectivity index (χ1) is 15.1. The van der Waals surface area contributed by atoms with Gasteiger partial charge in [0.1, 0.15) is 5.69 Å². The summed E-state index contributed by atoms with van der Waals surface area (Å²) in [6, 6.07) is 16.7. The molecule has 31 heavy (non-hydrogen) atoms. The highest BCUT2D eigenvalue weighted by Gasteiger charge is 2.24. The first-order valence-corrected chi connectivity index (χ1v) is 11.2. The van der Waals surface area contributed by atoms with Crippen molar-refractivity contribution in [2.45, 2.75) is 6.54 Å². The average molecular weight is 456 g/mol. The maximum Gasteiger partial charge on any atom is 0.325 e. The minimum absolute atomic E-state index is 0.112. The van der Waals surface area contributed by atoms with Gasteiger partial charge in [-0.3, -0.25) is 15.0 Å². The topological polar surface area (TPSA) is 77.6 Å². The first-order valence-electron chi connectivity index (χ1n) is 9.91. The van der Waals surface area contributed by atoms with Crippen LogP contribution in [0.1, 0.15) is 16.1 Å². The van der Waals surface area contributed by atoms with Crippen molar-refractivity contribution in [1.82, 2.24) is 14.8 Å².